The Balaban J connectivity index is 2.09. The standard InChI is InChI=1S/C13H19N3O2/c1-8-3-4-14-7-11(8)16-13(18)10-6-15-12(17)5-9(10)2/h5-6,8,11,14H,3-4,7H2,1-2H3,(H,15,17)(H,16,18). The molecule has 1 aliphatic heterocycles. The van der Waals surface area contributed by atoms with E-state index in [4.69, 9.17) is 0 Å². The highest BCUT2D eigenvalue weighted by Crippen LogP contribution is 2.12. The second-order valence-electron chi connectivity index (χ2n) is 4.94. The molecule has 2 heterocycles. The van der Waals surface area contributed by atoms with Gasteiger partial charge in [0.1, 0.15) is 0 Å². The Bertz CT molecular complexity index is 495. The lowest BCUT2D eigenvalue weighted by Gasteiger charge is -2.30. The molecule has 1 aromatic heterocycles. The number of rotatable bonds is 2. The van der Waals surface area contributed by atoms with Crippen LogP contribution in [0.4, 0.5) is 0 Å². The first kappa shape index (κ1) is 12.8. The van der Waals surface area contributed by atoms with Crippen LogP contribution in [0.25, 0.3) is 0 Å². The molecule has 5 heteroatoms. The molecule has 0 saturated carbocycles. The van der Waals surface area contributed by atoms with E-state index in [0.717, 1.165) is 19.5 Å². The van der Waals surface area contributed by atoms with Gasteiger partial charge in [-0.3, -0.25) is 9.59 Å². The number of hydrogen-bond acceptors (Lipinski definition) is 3. The first-order valence-electron chi connectivity index (χ1n) is 6.29. The van der Waals surface area contributed by atoms with Gasteiger partial charge in [0.2, 0.25) is 5.56 Å². The predicted octanol–water partition coefficient (Wildman–Crippen LogP) is 0.411. The monoisotopic (exact) mass is 249 g/mol. The number of piperidine rings is 1. The van der Waals surface area contributed by atoms with Gasteiger partial charge in [-0.15, -0.1) is 0 Å². The van der Waals surface area contributed by atoms with Crippen LogP contribution in [0.15, 0.2) is 17.1 Å². The van der Waals surface area contributed by atoms with E-state index in [2.05, 4.69) is 22.5 Å². The lowest BCUT2D eigenvalue weighted by molar-refractivity contribution is 0.0914. The number of H-pyrrole nitrogens is 1. The Morgan fingerprint density at radius 3 is 2.94 bits per heavy atom. The zero-order valence-corrected chi connectivity index (χ0v) is 10.7. The SMILES string of the molecule is Cc1cc(=O)[nH]cc1C(=O)NC1CNCCC1C. The average Bonchev–Trinajstić information content (AvgIpc) is 2.32. The fourth-order valence-electron chi connectivity index (χ4n) is 2.25. The number of aromatic amines is 1. The Hall–Kier alpha value is -1.62. The minimum absolute atomic E-state index is 0.121. The van der Waals surface area contributed by atoms with Gasteiger partial charge in [-0.25, -0.2) is 0 Å². The zero-order chi connectivity index (χ0) is 13.1. The van der Waals surface area contributed by atoms with E-state index in [1.165, 1.54) is 12.3 Å². The maximum Gasteiger partial charge on any atom is 0.253 e. The molecule has 0 aliphatic carbocycles. The quantitative estimate of drug-likeness (QED) is 0.711. The minimum atomic E-state index is -0.184. The van der Waals surface area contributed by atoms with Crippen molar-refractivity contribution in [3.05, 3.63) is 33.7 Å². The van der Waals surface area contributed by atoms with Gasteiger partial charge in [-0.1, -0.05) is 6.92 Å². The van der Waals surface area contributed by atoms with Gasteiger partial charge >= 0.3 is 0 Å². The Morgan fingerprint density at radius 2 is 2.28 bits per heavy atom. The molecule has 18 heavy (non-hydrogen) atoms. The van der Waals surface area contributed by atoms with Crippen molar-refractivity contribution in [2.75, 3.05) is 13.1 Å². The molecule has 1 aliphatic rings. The number of carbonyl (C=O) groups excluding carboxylic acids is 1. The van der Waals surface area contributed by atoms with Crippen LogP contribution < -0.4 is 16.2 Å². The number of aryl methyl sites for hydroxylation is 1. The summed E-state index contributed by atoms with van der Waals surface area (Å²) in [6.07, 6.45) is 2.55. The van der Waals surface area contributed by atoms with Crippen LogP contribution >= 0.6 is 0 Å². The number of nitrogens with one attached hydrogen (secondary N) is 3. The lowest BCUT2D eigenvalue weighted by atomic mass is 9.94. The molecule has 2 unspecified atom stereocenters. The van der Waals surface area contributed by atoms with Gasteiger partial charge in [0.15, 0.2) is 0 Å². The second kappa shape index (κ2) is 5.35. The van der Waals surface area contributed by atoms with E-state index in [9.17, 15) is 9.59 Å². The molecule has 0 aromatic carbocycles. The molecule has 0 radical (unpaired) electrons. The van der Waals surface area contributed by atoms with Crippen LogP contribution in [0.5, 0.6) is 0 Å². The average molecular weight is 249 g/mol. The van der Waals surface area contributed by atoms with Crippen molar-refractivity contribution in [2.24, 2.45) is 5.92 Å². The molecule has 5 nitrogen and oxygen atoms in total. The van der Waals surface area contributed by atoms with Gasteiger partial charge in [-0.05, 0) is 31.4 Å². The highest BCUT2D eigenvalue weighted by molar-refractivity contribution is 5.95. The maximum absolute atomic E-state index is 12.1. The largest absolute Gasteiger partial charge is 0.348 e. The number of pyridine rings is 1. The third-order valence-corrected chi connectivity index (χ3v) is 3.52. The van der Waals surface area contributed by atoms with Gasteiger partial charge < -0.3 is 15.6 Å². The molecule has 1 saturated heterocycles. The minimum Gasteiger partial charge on any atom is -0.348 e. The van der Waals surface area contributed by atoms with Crippen LogP contribution in [0.3, 0.4) is 0 Å². The Kier molecular flexibility index (Phi) is 3.81. The molecule has 3 N–H and O–H groups in total. The van der Waals surface area contributed by atoms with Gasteiger partial charge in [0.25, 0.3) is 5.91 Å². The second-order valence-corrected chi connectivity index (χ2v) is 4.94. The summed E-state index contributed by atoms with van der Waals surface area (Å²) >= 11 is 0. The van der Waals surface area contributed by atoms with E-state index < -0.39 is 0 Å². The molecule has 1 fully saturated rings. The molecule has 1 amide bonds. The summed E-state index contributed by atoms with van der Waals surface area (Å²) < 4.78 is 0. The molecular formula is C13H19N3O2. The van der Waals surface area contributed by atoms with Crippen molar-refractivity contribution in [1.82, 2.24) is 15.6 Å². The first-order valence-corrected chi connectivity index (χ1v) is 6.29. The fraction of sp³-hybridized carbons (Fsp3) is 0.538. The molecule has 98 valence electrons. The van der Waals surface area contributed by atoms with Gasteiger partial charge in [0.05, 0.1) is 5.56 Å². The molecule has 0 bridgehead atoms. The topological polar surface area (TPSA) is 74.0 Å². The van der Waals surface area contributed by atoms with Crippen molar-refractivity contribution in [3.63, 3.8) is 0 Å². The van der Waals surface area contributed by atoms with Crippen LogP contribution in [0, 0.1) is 12.8 Å². The summed E-state index contributed by atoms with van der Waals surface area (Å²) in [5, 5.41) is 6.29. The number of hydrogen-bond donors (Lipinski definition) is 3. The lowest BCUT2D eigenvalue weighted by Crippen LogP contribution is -2.50. The fourth-order valence-corrected chi connectivity index (χ4v) is 2.25. The molecule has 1 aromatic rings. The van der Waals surface area contributed by atoms with Crippen molar-refractivity contribution >= 4 is 5.91 Å². The highest BCUT2D eigenvalue weighted by Gasteiger charge is 2.23. The van der Waals surface area contributed by atoms with Crippen LogP contribution in [0.1, 0.15) is 29.3 Å². The number of aromatic nitrogens is 1. The van der Waals surface area contributed by atoms with Crippen molar-refractivity contribution in [3.8, 4) is 0 Å². The van der Waals surface area contributed by atoms with Gasteiger partial charge in [-0.2, -0.15) is 0 Å². The summed E-state index contributed by atoms with van der Waals surface area (Å²) in [5.41, 5.74) is 1.05. The van der Waals surface area contributed by atoms with E-state index in [0.29, 0.717) is 17.0 Å². The van der Waals surface area contributed by atoms with Crippen LogP contribution in [-0.4, -0.2) is 30.0 Å². The summed E-state index contributed by atoms with van der Waals surface area (Å²) in [5.74, 6) is 0.350. The van der Waals surface area contributed by atoms with Crippen LogP contribution in [0.2, 0.25) is 0 Å². The van der Waals surface area contributed by atoms with Gasteiger partial charge in [0, 0.05) is 24.8 Å². The highest BCUT2D eigenvalue weighted by atomic mass is 16.2. The molecule has 0 spiro atoms. The Labute approximate surface area is 106 Å². The first-order chi connectivity index (χ1) is 8.58. The normalized spacial score (nSPS) is 23.7. The molecule has 2 rings (SSSR count). The maximum atomic E-state index is 12.1. The van der Waals surface area contributed by atoms with Crippen molar-refractivity contribution in [1.29, 1.82) is 0 Å². The third-order valence-electron chi connectivity index (χ3n) is 3.52. The smallest absolute Gasteiger partial charge is 0.253 e. The summed E-state index contributed by atoms with van der Waals surface area (Å²) in [6.45, 7) is 5.72. The van der Waals surface area contributed by atoms with E-state index in [-0.39, 0.29) is 17.5 Å². The number of carbonyl (C=O) groups is 1. The molecule has 2 atom stereocenters. The van der Waals surface area contributed by atoms with E-state index >= 15 is 0 Å². The number of amides is 1. The van der Waals surface area contributed by atoms with Crippen molar-refractivity contribution < 1.29 is 4.79 Å². The summed E-state index contributed by atoms with van der Waals surface area (Å²) in [7, 11) is 0. The third kappa shape index (κ3) is 2.79. The zero-order valence-electron chi connectivity index (χ0n) is 10.7. The van der Waals surface area contributed by atoms with E-state index in [1.807, 2.05) is 0 Å². The summed E-state index contributed by atoms with van der Waals surface area (Å²) in [6, 6.07) is 1.59. The predicted molar refractivity (Wildman–Crippen MR) is 69.7 cm³/mol. The van der Waals surface area contributed by atoms with E-state index in [1.54, 1.807) is 6.92 Å². The Morgan fingerprint density at radius 1 is 1.50 bits per heavy atom. The molecular weight excluding hydrogens is 230 g/mol. The van der Waals surface area contributed by atoms with Crippen molar-refractivity contribution in [2.45, 2.75) is 26.3 Å². The summed E-state index contributed by atoms with van der Waals surface area (Å²) in [4.78, 5) is 25.8. The van der Waals surface area contributed by atoms with Crippen LogP contribution in [-0.2, 0) is 0 Å².